The number of aromatic nitrogens is 1. The van der Waals surface area contributed by atoms with Crippen molar-refractivity contribution in [2.24, 2.45) is 0 Å². The van der Waals surface area contributed by atoms with E-state index in [0.29, 0.717) is 12.2 Å². The number of fused-ring (bicyclic) bond motifs is 1. The number of pyridine rings is 1. The van der Waals surface area contributed by atoms with Crippen LogP contribution < -0.4 is 10.2 Å². The highest BCUT2D eigenvalue weighted by Crippen LogP contribution is 2.32. The molecule has 2 amide bonds. The predicted molar refractivity (Wildman–Crippen MR) is 96.1 cm³/mol. The zero-order valence-corrected chi connectivity index (χ0v) is 13.4. The summed E-state index contributed by atoms with van der Waals surface area (Å²) in [5.74, 6) is -0.326. The maximum atomic E-state index is 13.0. The van der Waals surface area contributed by atoms with Gasteiger partial charge in [0.15, 0.2) is 0 Å². The molecule has 2 heterocycles. The lowest BCUT2D eigenvalue weighted by atomic mass is 10.0. The number of carbonyl (C=O) groups excluding carboxylic acids is 1. The second-order valence-corrected chi connectivity index (χ2v) is 5.92. The van der Waals surface area contributed by atoms with Crippen LogP contribution in [0.2, 0.25) is 0 Å². The number of anilines is 2. The van der Waals surface area contributed by atoms with Crippen molar-refractivity contribution >= 4 is 17.4 Å². The highest BCUT2D eigenvalue weighted by atomic mass is 19.1. The molecular weight excluding hydrogens is 317 g/mol. The van der Waals surface area contributed by atoms with Crippen molar-refractivity contribution in [3.05, 3.63) is 78.4 Å². The monoisotopic (exact) mass is 333 g/mol. The number of nitrogens with zero attached hydrogens (tertiary/aromatic N) is 2. The molecule has 0 fully saturated rings. The molecule has 4 rings (SSSR count). The molecule has 0 saturated carbocycles. The highest BCUT2D eigenvalue weighted by molar-refractivity contribution is 6.03. The van der Waals surface area contributed by atoms with Gasteiger partial charge >= 0.3 is 6.03 Å². The van der Waals surface area contributed by atoms with E-state index in [1.54, 1.807) is 29.4 Å². The molecule has 0 aliphatic carbocycles. The minimum absolute atomic E-state index is 0.206. The van der Waals surface area contributed by atoms with E-state index in [9.17, 15) is 9.18 Å². The third-order valence-corrected chi connectivity index (χ3v) is 4.33. The maximum Gasteiger partial charge on any atom is 0.326 e. The molecule has 1 aromatic heterocycles. The Labute approximate surface area is 144 Å². The van der Waals surface area contributed by atoms with E-state index in [2.05, 4.69) is 16.4 Å². The predicted octanol–water partition coefficient (Wildman–Crippen LogP) is 4.48. The summed E-state index contributed by atoms with van der Waals surface area (Å²) in [4.78, 5) is 18.3. The second kappa shape index (κ2) is 6.36. The summed E-state index contributed by atoms with van der Waals surface area (Å²) in [7, 11) is 0. The van der Waals surface area contributed by atoms with Crippen LogP contribution in [0.4, 0.5) is 20.6 Å². The molecule has 0 saturated heterocycles. The van der Waals surface area contributed by atoms with Gasteiger partial charge in [0.1, 0.15) is 5.82 Å². The topological polar surface area (TPSA) is 45.2 Å². The molecule has 1 aliphatic heterocycles. The first kappa shape index (κ1) is 15.3. The van der Waals surface area contributed by atoms with E-state index >= 15 is 0 Å². The van der Waals surface area contributed by atoms with Gasteiger partial charge in [-0.25, -0.2) is 9.18 Å². The third kappa shape index (κ3) is 3.08. The van der Waals surface area contributed by atoms with E-state index in [1.165, 1.54) is 12.1 Å². The minimum Gasteiger partial charge on any atom is -0.308 e. The molecule has 124 valence electrons. The number of benzene rings is 2. The SMILES string of the molecule is O=C(Nc1ccc(F)cc1)N1CCc2cc(-c3ccncc3)ccc21. The normalized spacial score (nSPS) is 12.8. The fourth-order valence-corrected chi connectivity index (χ4v) is 3.06. The number of hydrogen-bond donors (Lipinski definition) is 1. The quantitative estimate of drug-likeness (QED) is 0.751. The first-order valence-corrected chi connectivity index (χ1v) is 8.08. The molecule has 25 heavy (non-hydrogen) atoms. The summed E-state index contributed by atoms with van der Waals surface area (Å²) in [5.41, 5.74) is 4.85. The summed E-state index contributed by atoms with van der Waals surface area (Å²) in [6.45, 7) is 0.627. The lowest BCUT2D eigenvalue weighted by molar-refractivity contribution is 0.257. The van der Waals surface area contributed by atoms with Crippen molar-refractivity contribution in [1.29, 1.82) is 0 Å². The Kier molecular flexibility index (Phi) is 3.90. The van der Waals surface area contributed by atoms with Gasteiger partial charge in [-0.2, -0.15) is 0 Å². The van der Waals surface area contributed by atoms with Crippen LogP contribution in [0.1, 0.15) is 5.56 Å². The van der Waals surface area contributed by atoms with Crippen molar-refractivity contribution < 1.29 is 9.18 Å². The van der Waals surface area contributed by atoms with Crippen LogP contribution in [0.3, 0.4) is 0 Å². The van der Waals surface area contributed by atoms with Gasteiger partial charge in [0.05, 0.1) is 0 Å². The largest absolute Gasteiger partial charge is 0.326 e. The van der Waals surface area contributed by atoms with Crippen LogP contribution in [0.5, 0.6) is 0 Å². The van der Waals surface area contributed by atoms with Gasteiger partial charge in [-0.15, -0.1) is 0 Å². The van der Waals surface area contributed by atoms with Crippen LogP contribution in [0, 0.1) is 5.82 Å². The van der Waals surface area contributed by atoms with Gasteiger partial charge < -0.3 is 5.32 Å². The third-order valence-electron chi connectivity index (χ3n) is 4.33. The van der Waals surface area contributed by atoms with Gasteiger partial charge in [0.25, 0.3) is 0 Å². The number of hydrogen-bond acceptors (Lipinski definition) is 2. The van der Waals surface area contributed by atoms with Gasteiger partial charge in [-0.1, -0.05) is 6.07 Å². The number of halogens is 1. The zero-order chi connectivity index (χ0) is 17.2. The highest BCUT2D eigenvalue weighted by Gasteiger charge is 2.25. The molecule has 3 aromatic rings. The first-order chi connectivity index (χ1) is 12.2. The summed E-state index contributed by atoms with van der Waals surface area (Å²) < 4.78 is 13.0. The number of rotatable bonds is 2. The summed E-state index contributed by atoms with van der Waals surface area (Å²) in [6.07, 6.45) is 4.35. The Morgan fingerprint density at radius 1 is 1.00 bits per heavy atom. The molecule has 4 nitrogen and oxygen atoms in total. The van der Waals surface area contributed by atoms with Crippen LogP contribution in [0.25, 0.3) is 11.1 Å². The van der Waals surface area contributed by atoms with Crippen LogP contribution in [-0.4, -0.2) is 17.6 Å². The molecule has 0 spiro atoms. The van der Waals surface area contributed by atoms with Gasteiger partial charge in [-0.3, -0.25) is 9.88 Å². The van der Waals surface area contributed by atoms with Crippen LogP contribution in [-0.2, 0) is 6.42 Å². The van der Waals surface area contributed by atoms with Crippen molar-refractivity contribution in [3.8, 4) is 11.1 Å². The lowest BCUT2D eigenvalue weighted by Gasteiger charge is -2.18. The Balaban J connectivity index is 1.55. The minimum atomic E-state index is -0.326. The molecule has 0 atom stereocenters. The average molecular weight is 333 g/mol. The second-order valence-electron chi connectivity index (χ2n) is 5.92. The lowest BCUT2D eigenvalue weighted by Crippen LogP contribution is -2.33. The first-order valence-electron chi connectivity index (χ1n) is 8.08. The number of carbonyl (C=O) groups is 1. The maximum absolute atomic E-state index is 13.0. The van der Waals surface area contributed by atoms with E-state index in [-0.39, 0.29) is 11.8 Å². The van der Waals surface area contributed by atoms with E-state index in [1.807, 2.05) is 24.3 Å². The molecule has 0 bridgehead atoms. The summed E-state index contributed by atoms with van der Waals surface area (Å²) in [6, 6.07) is 15.6. The Bertz CT molecular complexity index is 910. The van der Waals surface area contributed by atoms with Crippen LogP contribution in [0.15, 0.2) is 67.0 Å². The van der Waals surface area contributed by atoms with Crippen molar-refractivity contribution in [1.82, 2.24) is 4.98 Å². The number of amides is 2. The Hall–Kier alpha value is -3.21. The number of nitrogens with one attached hydrogen (secondary N) is 1. The van der Waals surface area contributed by atoms with E-state index in [4.69, 9.17) is 0 Å². The molecule has 0 radical (unpaired) electrons. The van der Waals surface area contributed by atoms with Crippen LogP contribution >= 0.6 is 0 Å². The summed E-state index contributed by atoms with van der Waals surface area (Å²) >= 11 is 0. The smallest absolute Gasteiger partial charge is 0.308 e. The molecule has 5 heteroatoms. The molecular formula is C20H16FN3O. The fourth-order valence-electron chi connectivity index (χ4n) is 3.06. The van der Waals surface area contributed by atoms with Gasteiger partial charge in [0.2, 0.25) is 0 Å². The Morgan fingerprint density at radius 2 is 1.76 bits per heavy atom. The van der Waals surface area contributed by atoms with E-state index in [0.717, 1.165) is 28.8 Å². The standard InChI is InChI=1S/C20H16FN3O/c21-17-2-4-18(5-3-17)23-20(25)24-12-9-16-13-15(1-6-19(16)24)14-7-10-22-11-8-14/h1-8,10-11,13H,9,12H2,(H,23,25). The Morgan fingerprint density at radius 3 is 2.52 bits per heavy atom. The molecule has 2 aromatic carbocycles. The average Bonchev–Trinajstić information content (AvgIpc) is 3.07. The zero-order valence-electron chi connectivity index (χ0n) is 13.4. The van der Waals surface area contributed by atoms with Crippen molar-refractivity contribution in [2.45, 2.75) is 6.42 Å². The fraction of sp³-hybridized carbons (Fsp3) is 0.100. The van der Waals surface area contributed by atoms with Gasteiger partial charge in [0, 0.05) is 30.3 Å². The molecule has 1 aliphatic rings. The number of urea groups is 1. The van der Waals surface area contributed by atoms with Gasteiger partial charge in [-0.05, 0) is 71.6 Å². The molecule has 1 N–H and O–H groups in total. The van der Waals surface area contributed by atoms with Crippen molar-refractivity contribution in [2.75, 3.05) is 16.8 Å². The van der Waals surface area contributed by atoms with Crippen molar-refractivity contribution in [3.63, 3.8) is 0 Å². The van der Waals surface area contributed by atoms with E-state index < -0.39 is 0 Å². The molecule has 0 unspecified atom stereocenters. The summed E-state index contributed by atoms with van der Waals surface area (Å²) in [5, 5.41) is 2.81.